The van der Waals surface area contributed by atoms with E-state index in [9.17, 15) is 4.79 Å². The predicted molar refractivity (Wildman–Crippen MR) is 47.7 cm³/mol. The first-order valence-electron chi connectivity index (χ1n) is 4.11. The van der Waals surface area contributed by atoms with Crippen molar-refractivity contribution < 1.29 is 0 Å². The molecule has 0 aliphatic heterocycles. The predicted octanol–water partition coefficient (Wildman–Crippen LogP) is 0.541. The van der Waals surface area contributed by atoms with Gasteiger partial charge in [0, 0.05) is 5.92 Å². The van der Waals surface area contributed by atoms with Gasteiger partial charge in [0.1, 0.15) is 17.7 Å². The van der Waals surface area contributed by atoms with E-state index in [0.717, 1.165) is 0 Å². The second-order valence-corrected chi connectivity index (χ2v) is 3.22. The van der Waals surface area contributed by atoms with Gasteiger partial charge in [-0.25, -0.2) is 9.50 Å². The second-order valence-electron chi connectivity index (χ2n) is 3.22. The van der Waals surface area contributed by atoms with Gasteiger partial charge >= 0.3 is 0 Å². The summed E-state index contributed by atoms with van der Waals surface area (Å²) < 4.78 is 1.49. The van der Waals surface area contributed by atoms with Crippen LogP contribution in [0.15, 0.2) is 17.3 Å². The lowest BCUT2D eigenvalue weighted by molar-refractivity contribution is 0.710. The molecule has 2 heterocycles. The SMILES string of the molecule is CC(C)c1nn2cncc2c(=O)[nH]1. The van der Waals surface area contributed by atoms with Crippen LogP contribution >= 0.6 is 0 Å². The van der Waals surface area contributed by atoms with Crippen molar-refractivity contribution in [3.63, 3.8) is 0 Å². The molecule has 0 spiro atoms. The van der Waals surface area contributed by atoms with Crippen LogP contribution in [0.4, 0.5) is 0 Å². The summed E-state index contributed by atoms with van der Waals surface area (Å²) in [6.45, 7) is 3.95. The zero-order chi connectivity index (χ0) is 9.42. The molecule has 0 radical (unpaired) electrons. The number of nitrogens with zero attached hydrogens (tertiary/aromatic N) is 3. The highest BCUT2D eigenvalue weighted by Crippen LogP contribution is 2.05. The highest BCUT2D eigenvalue weighted by molar-refractivity contribution is 5.39. The van der Waals surface area contributed by atoms with Crippen LogP contribution in [0.25, 0.3) is 5.52 Å². The van der Waals surface area contributed by atoms with Crippen molar-refractivity contribution in [2.45, 2.75) is 19.8 Å². The lowest BCUT2D eigenvalue weighted by Gasteiger charge is -2.02. The van der Waals surface area contributed by atoms with E-state index in [1.165, 1.54) is 17.0 Å². The minimum atomic E-state index is -0.142. The summed E-state index contributed by atoms with van der Waals surface area (Å²) in [5, 5.41) is 4.19. The minimum Gasteiger partial charge on any atom is -0.307 e. The van der Waals surface area contributed by atoms with Crippen molar-refractivity contribution in [2.24, 2.45) is 0 Å². The second kappa shape index (κ2) is 2.69. The normalized spacial score (nSPS) is 11.3. The summed E-state index contributed by atoms with van der Waals surface area (Å²) in [6.07, 6.45) is 3.02. The molecule has 0 fully saturated rings. The molecule has 0 aromatic carbocycles. The van der Waals surface area contributed by atoms with Crippen LogP contribution in [-0.4, -0.2) is 19.6 Å². The number of fused-ring (bicyclic) bond motifs is 1. The average molecular weight is 178 g/mol. The molecule has 0 atom stereocenters. The average Bonchev–Trinajstić information content (AvgIpc) is 2.51. The summed E-state index contributed by atoms with van der Waals surface area (Å²) in [4.78, 5) is 18.0. The molecule has 0 unspecified atom stereocenters. The van der Waals surface area contributed by atoms with Crippen LogP contribution in [0, 0.1) is 0 Å². The molecule has 5 heteroatoms. The van der Waals surface area contributed by atoms with Crippen molar-refractivity contribution in [3.05, 3.63) is 28.7 Å². The summed E-state index contributed by atoms with van der Waals surface area (Å²) in [7, 11) is 0. The maximum atomic E-state index is 11.4. The molecule has 1 N–H and O–H groups in total. The number of rotatable bonds is 1. The van der Waals surface area contributed by atoms with E-state index in [1.54, 1.807) is 0 Å². The molecule has 0 bridgehead atoms. The van der Waals surface area contributed by atoms with Crippen LogP contribution < -0.4 is 5.56 Å². The Morgan fingerprint density at radius 3 is 3.00 bits per heavy atom. The number of nitrogens with one attached hydrogen (secondary N) is 1. The van der Waals surface area contributed by atoms with E-state index < -0.39 is 0 Å². The van der Waals surface area contributed by atoms with E-state index in [-0.39, 0.29) is 11.5 Å². The van der Waals surface area contributed by atoms with Gasteiger partial charge in [-0.05, 0) is 0 Å². The quantitative estimate of drug-likeness (QED) is 0.693. The van der Waals surface area contributed by atoms with Gasteiger partial charge in [0.05, 0.1) is 6.20 Å². The highest BCUT2D eigenvalue weighted by Gasteiger charge is 2.05. The molecule has 2 aromatic rings. The van der Waals surface area contributed by atoms with Gasteiger partial charge in [-0.2, -0.15) is 5.10 Å². The first kappa shape index (κ1) is 7.97. The molecule has 5 nitrogen and oxygen atoms in total. The van der Waals surface area contributed by atoms with Gasteiger partial charge in [-0.3, -0.25) is 4.79 Å². The Morgan fingerprint density at radius 2 is 2.31 bits per heavy atom. The van der Waals surface area contributed by atoms with Crippen molar-refractivity contribution >= 4 is 5.52 Å². The van der Waals surface area contributed by atoms with Gasteiger partial charge in [0.2, 0.25) is 0 Å². The monoisotopic (exact) mass is 178 g/mol. The standard InChI is InChI=1S/C8H10N4O/c1-5(2)7-10-8(13)6-3-9-4-12(6)11-7/h3-5H,1-2H3,(H,10,11,13). The molecule has 0 aliphatic carbocycles. The maximum Gasteiger partial charge on any atom is 0.276 e. The fourth-order valence-electron chi connectivity index (χ4n) is 1.11. The minimum absolute atomic E-state index is 0.142. The van der Waals surface area contributed by atoms with Crippen LogP contribution in [0.1, 0.15) is 25.6 Å². The van der Waals surface area contributed by atoms with E-state index in [2.05, 4.69) is 15.1 Å². The molecule has 2 rings (SSSR count). The van der Waals surface area contributed by atoms with Gasteiger partial charge in [-0.15, -0.1) is 0 Å². The summed E-state index contributed by atoms with van der Waals surface area (Å²) in [5.41, 5.74) is 0.334. The molecular formula is C8H10N4O. The molecule has 0 aliphatic rings. The fraction of sp³-hybridized carbons (Fsp3) is 0.375. The van der Waals surface area contributed by atoms with Crippen molar-refractivity contribution in [2.75, 3.05) is 0 Å². The van der Waals surface area contributed by atoms with E-state index >= 15 is 0 Å². The van der Waals surface area contributed by atoms with Gasteiger partial charge in [-0.1, -0.05) is 13.8 Å². The van der Waals surface area contributed by atoms with Crippen LogP contribution in [0.5, 0.6) is 0 Å². The summed E-state index contributed by atoms with van der Waals surface area (Å²) >= 11 is 0. The highest BCUT2D eigenvalue weighted by atomic mass is 16.1. The Balaban J connectivity index is 2.77. The van der Waals surface area contributed by atoms with Crippen molar-refractivity contribution in [1.29, 1.82) is 0 Å². The Labute approximate surface area is 74.4 Å². The lowest BCUT2D eigenvalue weighted by Crippen LogP contribution is -2.16. The smallest absolute Gasteiger partial charge is 0.276 e. The molecule has 68 valence electrons. The van der Waals surface area contributed by atoms with Crippen molar-refractivity contribution in [1.82, 2.24) is 19.6 Å². The Kier molecular flexibility index (Phi) is 1.65. The third-order valence-corrected chi connectivity index (χ3v) is 1.86. The molecule has 0 saturated carbocycles. The molecule has 2 aromatic heterocycles. The number of hydrogen-bond donors (Lipinski definition) is 1. The van der Waals surface area contributed by atoms with Crippen LogP contribution in [0.3, 0.4) is 0 Å². The van der Waals surface area contributed by atoms with Gasteiger partial charge < -0.3 is 4.98 Å². The zero-order valence-corrected chi connectivity index (χ0v) is 7.48. The van der Waals surface area contributed by atoms with E-state index in [4.69, 9.17) is 0 Å². The summed E-state index contributed by atoms with van der Waals surface area (Å²) in [5.74, 6) is 0.884. The third kappa shape index (κ3) is 1.22. The van der Waals surface area contributed by atoms with E-state index in [0.29, 0.717) is 11.3 Å². The fourth-order valence-corrected chi connectivity index (χ4v) is 1.11. The molecule has 13 heavy (non-hydrogen) atoms. The third-order valence-electron chi connectivity index (χ3n) is 1.86. The molecular weight excluding hydrogens is 168 g/mol. The first-order chi connectivity index (χ1) is 6.18. The number of hydrogen-bond acceptors (Lipinski definition) is 3. The summed E-state index contributed by atoms with van der Waals surface area (Å²) in [6, 6.07) is 0. The van der Waals surface area contributed by atoms with Gasteiger partial charge in [0.25, 0.3) is 5.56 Å². The number of imidazole rings is 1. The Bertz CT molecular complexity index is 482. The van der Waals surface area contributed by atoms with Crippen LogP contribution in [-0.2, 0) is 0 Å². The van der Waals surface area contributed by atoms with Gasteiger partial charge in [0.15, 0.2) is 0 Å². The number of aromatic amines is 1. The molecule has 0 saturated heterocycles. The lowest BCUT2D eigenvalue weighted by atomic mass is 10.2. The Morgan fingerprint density at radius 1 is 1.54 bits per heavy atom. The number of aromatic nitrogens is 4. The number of H-pyrrole nitrogens is 1. The van der Waals surface area contributed by atoms with Crippen LogP contribution in [0.2, 0.25) is 0 Å². The van der Waals surface area contributed by atoms with Crippen molar-refractivity contribution in [3.8, 4) is 0 Å². The molecule has 0 amide bonds. The largest absolute Gasteiger partial charge is 0.307 e. The van der Waals surface area contributed by atoms with E-state index in [1.807, 2.05) is 13.8 Å². The first-order valence-corrected chi connectivity index (χ1v) is 4.11. The topological polar surface area (TPSA) is 63.1 Å². The maximum absolute atomic E-state index is 11.4. The Hall–Kier alpha value is -1.65. The zero-order valence-electron chi connectivity index (χ0n) is 7.48.